The van der Waals surface area contributed by atoms with Crippen LogP contribution in [0.15, 0.2) is 46.9 Å². The number of fused-ring (bicyclic) bond motifs is 1. The predicted molar refractivity (Wildman–Crippen MR) is 99.6 cm³/mol. The Bertz CT molecular complexity index is 949. The van der Waals surface area contributed by atoms with Crippen LogP contribution in [-0.2, 0) is 9.53 Å². The maximum atomic E-state index is 13.1. The molecule has 27 heavy (non-hydrogen) atoms. The summed E-state index contributed by atoms with van der Waals surface area (Å²) in [7, 11) is 0. The van der Waals surface area contributed by atoms with Crippen LogP contribution in [0.1, 0.15) is 12.8 Å². The minimum Gasteiger partial charge on any atom is -0.436 e. The number of nitrogens with two attached hydrogens (primary N) is 1. The van der Waals surface area contributed by atoms with Crippen LogP contribution >= 0.6 is 0 Å². The van der Waals surface area contributed by atoms with Crippen molar-refractivity contribution < 1.29 is 18.3 Å². The zero-order valence-corrected chi connectivity index (χ0v) is 14.7. The molecule has 7 heteroatoms. The van der Waals surface area contributed by atoms with Crippen LogP contribution in [0.3, 0.4) is 0 Å². The molecule has 3 aromatic rings. The molecule has 1 amide bonds. The van der Waals surface area contributed by atoms with Gasteiger partial charge in [0.05, 0.1) is 6.04 Å². The first-order valence-electron chi connectivity index (χ1n) is 8.91. The lowest BCUT2D eigenvalue weighted by atomic mass is 9.92. The Kier molecular flexibility index (Phi) is 4.87. The minimum absolute atomic E-state index is 0.123. The number of anilines is 1. The first-order chi connectivity index (χ1) is 13.1. The second-order valence-corrected chi connectivity index (χ2v) is 6.67. The third-order valence-electron chi connectivity index (χ3n) is 4.82. The molecule has 1 aliphatic heterocycles. The van der Waals surface area contributed by atoms with Gasteiger partial charge in [0.1, 0.15) is 11.3 Å². The quantitative estimate of drug-likeness (QED) is 0.736. The maximum Gasteiger partial charge on any atom is 0.241 e. The van der Waals surface area contributed by atoms with Crippen LogP contribution in [0, 0.1) is 11.7 Å². The van der Waals surface area contributed by atoms with Crippen LogP contribution in [0.4, 0.5) is 10.1 Å². The topological polar surface area (TPSA) is 90.4 Å². The van der Waals surface area contributed by atoms with Crippen molar-refractivity contribution in [1.29, 1.82) is 0 Å². The first-order valence-corrected chi connectivity index (χ1v) is 8.91. The number of rotatable bonds is 4. The van der Waals surface area contributed by atoms with E-state index < -0.39 is 6.04 Å². The molecule has 3 N–H and O–H groups in total. The molecule has 1 aliphatic rings. The standard InChI is InChI=1S/C20H20FN3O3/c21-14-3-1-13(2-4-14)20-24-16-6-5-15(11-17(16)27-20)23-19(25)18(22)12-7-9-26-10-8-12/h1-6,11-12,18H,7-10,22H2,(H,23,25). The average molecular weight is 369 g/mol. The van der Waals surface area contributed by atoms with Crippen LogP contribution in [0.25, 0.3) is 22.6 Å². The third-order valence-corrected chi connectivity index (χ3v) is 4.82. The molecule has 2 heterocycles. The Labute approximate surface area is 155 Å². The zero-order valence-electron chi connectivity index (χ0n) is 14.7. The van der Waals surface area contributed by atoms with Crippen molar-refractivity contribution in [3.63, 3.8) is 0 Å². The summed E-state index contributed by atoms with van der Waals surface area (Å²) in [6, 6.07) is 10.6. The summed E-state index contributed by atoms with van der Waals surface area (Å²) in [6.07, 6.45) is 1.58. The molecule has 0 aliphatic carbocycles. The van der Waals surface area contributed by atoms with E-state index in [1.807, 2.05) is 0 Å². The van der Waals surface area contributed by atoms with Gasteiger partial charge in [-0.2, -0.15) is 0 Å². The van der Waals surface area contributed by atoms with Gasteiger partial charge in [0.25, 0.3) is 0 Å². The lowest BCUT2D eigenvalue weighted by molar-refractivity contribution is -0.119. The van der Waals surface area contributed by atoms with Gasteiger partial charge in [-0.1, -0.05) is 0 Å². The lowest BCUT2D eigenvalue weighted by Crippen LogP contribution is -2.43. The van der Waals surface area contributed by atoms with Gasteiger partial charge < -0.3 is 20.2 Å². The summed E-state index contributed by atoms with van der Waals surface area (Å²) >= 11 is 0. The molecule has 0 bridgehead atoms. The highest BCUT2D eigenvalue weighted by atomic mass is 19.1. The van der Waals surface area contributed by atoms with Crippen molar-refractivity contribution in [2.24, 2.45) is 11.7 Å². The molecular formula is C20H20FN3O3. The number of nitrogens with zero attached hydrogens (tertiary/aromatic N) is 1. The van der Waals surface area contributed by atoms with Crippen LogP contribution < -0.4 is 11.1 Å². The predicted octanol–water partition coefficient (Wildman–Crippen LogP) is 3.33. The Balaban J connectivity index is 1.51. The largest absolute Gasteiger partial charge is 0.436 e. The number of halogens is 1. The summed E-state index contributed by atoms with van der Waals surface area (Å²) in [5.74, 6) is -0.0227. The second-order valence-electron chi connectivity index (χ2n) is 6.67. The van der Waals surface area contributed by atoms with Crippen molar-refractivity contribution in [1.82, 2.24) is 4.98 Å². The molecular weight excluding hydrogens is 349 g/mol. The van der Waals surface area contributed by atoms with Gasteiger partial charge in [-0.25, -0.2) is 9.37 Å². The highest BCUT2D eigenvalue weighted by Gasteiger charge is 2.26. The minimum atomic E-state index is -0.575. The van der Waals surface area contributed by atoms with E-state index in [1.165, 1.54) is 12.1 Å². The molecule has 140 valence electrons. The van der Waals surface area contributed by atoms with Crippen molar-refractivity contribution in [2.75, 3.05) is 18.5 Å². The normalized spacial score (nSPS) is 16.4. The Morgan fingerprint density at radius 3 is 2.67 bits per heavy atom. The fraction of sp³-hybridized carbons (Fsp3) is 0.300. The fourth-order valence-electron chi connectivity index (χ4n) is 3.23. The van der Waals surface area contributed by atoms with Gasteiger partial charge in [-0.3, -0.25) is 4.79 Å². The molecule has 0 spiro atoms. The number of carbonyl (C=O) groups excluding carboxylic acids is 1. The van der Waals surface area contributed by atoms with Gasteiger partial charge in [0.15, 0.2) is 5.58 Å². The SMILES string of the molecule is NC(C(=O)Nc1ccc2nc(-c3ccc(F)cc3)oc2c1)C1CCOCC1. The van der Waals surface area contributed by atoms with E-state index >= 15 is 0 Å². The molecule has 6 nitrogen and oxygen atoms in total. The van der Waals surface area contributed by atoms with Gasteiger partial charge in [-0.05, 0) is 55.2 Å². The second kappa shape index (κ2) is 7.46. The molecule has 1 saturated heterocycles. The number of benzene rings is 2. The average Bonchev–Trinajstić information content (AvgIpc) is 3.12. The van der Waals surface area contributed by atoms with Crippen LogP contribution in [0.2, 0.25) is 0 Å². The van der Waals surface area contributed by atoms with Crippen LogP contribution in [0.5, 0.6) is 0 Å². The number of oxazole rings is 1. The highest BCUT2D eigenvalue weighted by Crippen LogP contribution is 2.27. The number of ether oxygens (including phenoxy) is 1. The van der Waals surface area contributed by atoms with E-state index in [4.69, 9.17) is 14.9 Å². The van der Waals surface area contributed by atoms with E-state index in [-0.39, 0.29) is 17.6 Å². The molecule has 0 saturated carbocycles. The number of nitrogens with one attached hydrogen (secondary N) is 1. The van der Waals surface area contributed by atoms with Crippen molar-refractivity contribution in [3.8, 4) is 11.5 Å². The fourth-order valence-corrected chi connectivity index (χ4v) is 3.23. The van der Waals surface area contributed by atoms with Crippen molar-refractivity contribution in [3.05, 3.63) is 48.3 Å². The zero-order chi connectivity index (χ0) is 18.8. The Morgan fingerprint density at radius 2 is 1.93 bits per heavy atom. The lowest BCUT2D eigenvalue weighted by Gasteiger charge is -2.26. The number of amides is 1. The Hall–Kier alpha value is -2.77. The molecule has 0 radical (unpaired) electrons. The smallest absolute Gasteiger partial charge is 0.241 e. The van der Waals surface area contributed by atoms with Gasteiger partial charge in [0.2, 0.25) is 11.8 Å². The number of aromatic nitrogens is 1. The summed E-state index contributed by atoms with van der Waals surface area (Å²) in [6.45, 7) is 1.28. The van der Waals surface area contributed by atoms with E-state index in [2.05, 4.69) is 10.3 Å². The van der Waals surface area contributed by atoms with E-state index in [1.54, 1.807) is 30.3 Å². The van der Waals surface area contributed by atoms with E-state index in [0.29, 0.717) is 41.5 Å². The molecule has 1 unspecified atom stereocenters. The summed E-state index contributed by atoms with van der Waals surface area (Å²) in [5, 5.41) is 2.85. The first kappa shape index (κ1) is 17.6. The van der Waals surface area contributed by atoms with Crippen molar-refractivity contribution in [2.45, 2.75) is 18.9 Å². The monoisotopic (exact) mass is 369 g/mol. The third kappa shape index (κ3) is 3.84. The number of carbonyl (C=O) groups is 1. The summed E-state index contributed by atoms with van der Waals surface area (Å²) in [5.41, 5.74) is 8.57. The summed E-state index contributed by atoms with van der Waals surface area (Å²) < 4.78 is 24.1. The molecule has 1 atom stereocenters. The number of hydrogen-bond acceptors (Lipinski definition) is 5. The van der Waals surface area contributed by atoms with Gasteiger partial charge in [0, 0.05) is 30.5 Å². The van der Waals surface area contributed by atoms with Crippen LogP contribution in [-0.4, -0.2) is 30.1 Å². The van der Waals surface area contributed by atoms with Gasteiger partial charge in [-0.15, -0.1) is 0 Å². The van der Waals surface area contributed by atoms with Crippen molar-refractivity contribution >= 4 is 22.7 Å². The highest BCUT2D eigenvalue weighted by molar-refractivity contribution is 5.96. The molecule has 1 aromatic heterocycles. The van der Waals surface area contributed by atoms with Gasteiger partial charge >= 0.3 is 0 Å². The summed E-state index contributed by atoms with van der Waals surface area (Å²) in [4.78, 5) is 16.8. The molecule has 4 rings (SSSR count). The number of hydrogen-bond donors (Lipinski definition) is 2. The van der Waals surface area contributed by atoms with E-state index in [0.717, 1.165) is 12.8 Å². The maximum absolute atomic E-state index is 13.1. The molecule has 1 fully saturated rings. The van der Waals surface area contributed by atoms with E-state index in [9.17, 15) is 9.18 Å². The molecule has 2 aromatic carbocycles. The Morgan fingerprint density at radius 1 is 1.19 bits per heavy atom.